The Morgan fingerprint density at radius 3 is 2.69 bits per heavy atom. The molecule has 1 aliphatic heterocycles. The second-order valence-electron chi connectivity index (χ2n) is 6.81. The normalized spacial score (nSPS) is 17.2. The zero-order valence-electron chi connectivity index (χ0n) is 14.9. The molecule has 1 saturated heterocycles. The molecule has 2 aromatic rings. The molecule has 1 amide bonds. The molecule has 0 spiro atoms. The van der Waals surface area contributed by atoms with Gasteiger partial charge in [0.05, 0.1) is 11.3 Å². The molecule has 1 aliphatic rings. The molecule has 2 heterocycles. The van der Waals surface area contributed by atoms with E-state index in [1.165, 1.54) is 18.3 Å². The van der Waals surface area contributed by atoms with Crippen molar-refractivity contribution in [1.82, 2.24) is 9.88 Å². The van der Waals surface area contributed by atoms with Crippen LogP contribution in [0.25, 0.3) is 0 Å². The number of piperidine rings is 1. The first kappa shape index (κ1) is 19.3. The smallest absolute Gasteiger partial charge is 0.223 e. The lowest BCUT2D eigenvalue weighted by molar-refractivity contribution is -0.114. The first-order valence-electron chi connectivity index (χ1n) is 8.87. The summed E-state index contributed by atoms with van der Waals surface area (Å²) in [6.45, 7) is 4.24. The predicted molar refractivity (Wildman–Crippen MR) is 106 cm³/mol. The number of hydrogen-bond donors (Lipinski definition) is 2. The molecule has 0 radical (unpaired) electrons. The fraction of sp³-hybridized carbons (Fsp3) is 0.474. The second kappa shape index (κ2) is 8.48. The molecule has 0 aliphatic carbocycles. The first-order valence-corrected chi connectivity index (χ1v) is 10.1. The van der Waals surface area contributed by atoms with Gasteiger partial charge in [0.1, 0.15) is 0 Å². The molecule has 0 unspecified atom stereocenters. The average molecular weight is 394 g/mol. The second-order valence-corrected chi connectivity index (χ2v) is 8.10. The summed E-state index contributed by atoms with van der Waals surface area (Å²) < 4.78 is 0. The number of halogens is 1. The molecule has 1 aromatic carbocycles. The fourth-order valence-electron chi connectivity index (χ4n) is 3.31. The van der Waals surface area contributed by atoms with Gasteiger partial charge in [-0.25, -0.2) is 4.98 Å². The Balaban J connectivity index is 1.43. The molecule has 3 rings (SSSR count). The van der Waals surface area contributed by atoms with Gasteiger partial charge in [0, 0.05) is 30.4 Å². The number of aryl methyl sites for hydroxylation is 1. The van der Waals surface area contributed by atoms with Gasteiger partial charge in [-0.2, -0.15) is 0 Å². The van der Waals surface area contributed by atoms with Crippen LogP contribution in [-0.2, 0) is 16.8 Å². The Labute approximate surface area is 163 Å². The van der Waals surface area contributed by atoms with Gasteiger partial charge < -0.3 is 15.3 Å². The summed E-state index contributed by atoms with van der Waals surface area (Å²) >= 11 is 7.40. The summed E-state index contributed by atoms with van der Waals surface area (Å²) in [5, 5.41) is 17.0. The van der Waals surface area contributed by atoms with Gasteiger partial charge in [-0.05, 0) is 49.9 Å². The first-order chi connectivity index (χ1) is 12.4. The minimum Gasteiger partial charge on any atom is -0.385 e. The third-order valence-electron chi connectivity index (χ3n) is 4.81. The molecule has 1 fully saturated rings. The Bertz CT molecular complexity index is 739. The van der Waals surface area contributed by atoms with E-state index in [-0.39, 0.29) is 5.91 Å². The van der Waals surface area contributed by atoms with Crippen LogP contribution in [0, 0.1) is 0 Å². The van der Waals surface area contributed by atoms with E-state index >= 15 is 0 Å². The minimum absolute atomic E-state index is 0.0904. The lowest BCUT2D eigenvalue weighted by Gasteiger charge is -2.38. The summed E-state index contributed by atoms with van der Waals surface area (Å²) in [5.74, 6) is -0.0904. The number of carbonyl (C=O) groups excluding carboxylic acids is 1. The predicted octanol–water partition coefficient (Wildman–Crippen LogP) is 3.67. The number of nitrogens with one attached hydrogen (secondary N) is 1. The number of benzene rings is 1. The largest absolute Gasteiger partial charge is 0.385 e. The highest BCUT2D eigenvalue weighted by Crippen LogP contribution is 2.33. The van der Waals surface area contributed by atoms with Crippen molar-refractivity contribution in [1.29, 1.82) is 0 Å². The van der Waals surface area contributed by atoms with Gasteiger partial charge in [-0.1, -0.05) is 23.7 Å². The van der Waals surface area contributed by atoms with Crippen molar-refractivity contribution >= 4 is 34.0 Å². The molecular weight excluding hydrogens is 370 g/mol. The lowest BCUT2D eigenvalue weighted by atomic mass is 9.84. The van der Waals surface area contributed by atoms with Crippen LogP contribution in [0.5, 0.6) is 0 Å². The number of likely N-dealkylation sites (tertiary alicyclic amines) is 1. The Morgan fingerprint density at radius 1 is 1.35 bits per heavy atom. The van der Waals surface area contributed by atoms with Crippen molar-refractivity contribution in [2.45, 2.75) is 38.2 Å². The standard InChI is InChI=1S/C19H24ClN3O2S/c1-14(24)21-18-22-17(13-26-18)3-2-10-23-11-8-19(25,9-12-23)15-4-6-16(20)7-5-15/h4-7,13,25H,2-3,8-12H2,1H3,(H,21,22,24). The molecular formula is C19H24ClN3O2S. The number of aromatic nitrogens is 1. The Kier molecular flexibility index (Phi) is 6.29. The molecule has 5 nitrogen and oxygen atoms in total. The van der Waals surface area contributed by atoms with Crippen LogP contribution in [0.3, 0.4) is 0 Å². The van der Waals surface area contributed by atoms with E-state index in [0.717, 1.165) is 56.6 Å². The SMILES string of the molecule is CC(=O)Nc1nc(CCCN2CCC(O)(c3ccc(Cl)cc3)CC2)cs1. The molecule has 140 valence electrons. The van der Waals surface area contributed by atoms with Crippen LogP contribution in [0.15, 0.2) is 29.6 Å². The molecule has 2 N–H and O–H groups in total. The molecule has 26 heavy (non-hydrogen) atoms. The van der Waals surface area contributed by atoms with Crippen molar-refractivity contribution in [3.05, 3.63) is 45.9 Å². The number of anilines is 1. The molecule has 0 bridgehead atoms. The molecule has 0 atom stereocenters. The lowest BCUT2D eigenvalue weighted by Crippen LogP contribution is -2.42. The summed E-state index contributed by atoms with van der Waals surface area (Å²) in [5.41, 5.74) is 1.23. The maximum atomic E-state index is 11.0. The Morgan fingerprint density at radius 2 is 2.04 bits per heavy atom. The van der Waals surface area contributed by atoms with E-state index in [4.69, 9.17) is 11.6 Å². The quantitative estimate of drug-likeness (QED) is 0.785. The van der Waals surface area contributed by atoms with Gasteiger partial charge in [0.25, 0.3) is 0 Å². The van der Waals surface area contributed by atoms with Crippen LogP contribution in [0.4, 0.5) is 5.13 Å². The maximum Gasteiger partial charge on any atom is 0.223 e. The highest BCUT2D eigenvalue weighted by Gasteiger charge is 2.33. The van der Waals surface area contributed by atoms with Gasteiger partial charge >= 0.3 is 0 Å². The third-order valence-corrected chi connectivity index (χ3v) is 5.87. The number of rotatable bonds is 6. The zero-order valence-corrected chi connectivity index (χ0v) is 16.4. The van der Waals surface area contributed by atoms with Crippen molar-refractivity contribution in [2.24, 2.45) is 0 Å². The number of carbonyl (C=O) groups is 1. The van der Waals surface area contributed by atoms with Crippen molar-refractivity contribution in [3.8, 4) is 0 Å². The Hall–Kier alpha value is -1.47. The van der Waals surface area contributed by atoms with Gasteiger partial charge in [-0.3, -0.25) is 4.79 Å². The summed E-state index contributed by atoms with van der Waals surface area (Å²) in [4.78, 5) is 17.9. The minimum atomic E-state index is -0.747. The van der Waals surface area contributed by atoms with E-state index in [1.807, 2.05) is 29.6 Å². The summed E-state index contributed by atoms with van der Waals surface area (Å²) in [6, 6.07) is 7.52. The summed E-state index contributed by atoms with van der Waals surface area (Å²) in [7, 11) is 0. The zero-order chi connectivity index (χ0) is 18.6. The van der Waals surface area contributed by atoms with Gasteiger partial charge in [0.2, 0.25) is 5.91 Å². The monoisotopic (exact) mass is 393 g/mol. The number of amides is 1. The highest BCUT2D eigenvalue weighted by atomic mass is 35.5. The van der Waals surface area contributed by atoms with Crippen molar-refractivity contribution < 1.29 is 9.90 Å². The number of nitrogens with zero attached hydrogens (tertiary/aromatic N) is 2. The molecule has 0 saturated carbocycles. The molecule has 1 aromatic heterocycles. The van der Waals surface area contributed by atoms with Crippen LogP contribution < -0.4 is 5.32 Å². The highest BCUT2D eigenvalue weighted by molar-refractivity contribution is 7.13. The van der Waals surface area contributed by atoms with E-state index in [9.17, 15) is 9.90 Å². The van der Waals surface area contributed by atoms with E-state index in [1.54, 1.807) is 0 Å². The van der Waals surface area contributed by atoms with E-state index in [0.29, 0.717) is 10.2 Å². The molecule has 7 heteroatoms. The number of thiazole rings is 1. The van der Waals surface area contributed by atoms with Crippen molar-refractivity contribution in [2.75, 3.05) is 25.0 Å². The van der Waals surface area contributed by atoms with Crippen LogP contribution in [0.1, 0.15) is 37.4 Å². The van der Waals surface area contributed by atoms with E-state index in [2.05, 4.69) is 15.2 Å². The van der Waals surface area contributed by atoms with Crippen LogP contribution >= 0.6 is 22.9 Å². The average Bonchev–Trinajstić information content (AvgIpc) is 3.04. The summed E-state index contributed by atoms with van der Waals surface area (Å²) in [6.07, 6.45) is 3.38. The van der Waals surface area contributed by atoms with Crippen LogP contribution in [0.2, 0.25) is 5.02 Å². The topological polar surface area (TPSA) is 65.5 Å². The van der Waals surface area contributed by atoms with Gasteiger partial charge in [0.15, 0.2) is 5.13 Å². The van der Waals surface area contributed by atoms with Crippen molar-refractivity contribution in [3.63, 3.8) is 0 Å². The van der Waals surface area contributed by atoms with Gasteiger partial charge in [-0.15, -0.1) is 11.3 Å². The fourth-order valence-corrected chi connectivity index (χ4v) is 4.23. The van der Waals surface area contributed by atoms with Crippen LogP contribution in [-0.4, -0.2) is 40.5 Å². The van der Waals surface area contributed by atoms with E-state index < -0.39 is 5.60 Å². The number of aliphatic hydroxyl groups is 1. The third kappa shape index (κ3) is 5.04. The number of hydrogen-bond acceptors (Lipinski definition) is 5. The maximum absolute atomic E-state index is 11.0.